The largest absolute Gasteiger partial charge is 0.463 e. The summed E-state index contributed by atoms with van der Waals surface area (Å²) in [6, 6.07) is 0. The first-order chi connectivity index (χ1) is 10.4. The highest BCUT2D eigenvalue weighted by Crippen LogP contribution is 2.37. The highest BCUT2D eigenvalue weighted by molar-refractivity contribution is 6.74. The molecule has 1 aliphatic rings. The normalized spacial score (nSPS) is 25.0. The lowest BCUT2D eigenvalue weighted by Gasteiger charge is -2.37. The third kappa shape index (κ3) is 6.03. The number of carbonyl (C=O) groups excluding carboxylic acids is 1. The molecule has 134 valence electrons. The van der Waals surface area contributed by atoms with E-state index in [-0.39, 0.29) is 23.2 Å². The van der Waals surface area contributed by atoms with Gasteiger partial charge in [-0.25, -0.2) is 4.79 Å². The summed E-state index contributed by atoms with van der Waals surface area (Å²) in [5, 5.41) is 0.137. The van der Waals surface area contributed by atoms with Crippen LogP contribution in [-0.4, -0.2) is 45.5 Å². The lowest BCUT2D eigenvalue weighted by molar-refractivity contribution is -0.146. The summed E-state index contributed by atoms with van der Waals surface area (Å²) in [7, 11) is -1.86. The molecule has 0 aromatic carbocycles. The van der Waals surface area contributed by atoms with E-state index in [2.05, 4.69) is 33.9 Å². The van der Waals surface area contributed by atoms with Crippen LogP contribution in [0.4, 0.5) is 0 Å². The molecule has 0 unspecified atom stereocenters. The standard InChI is InChI=1S/C17H32O5Si/c1-9-19-15(18)11-10-13-14(22-17(5,6)21-13)12-20-23(7,8)16(2,3)4/h10-11,13-14H,9,12H2,1-8H3/b11-10-/t13-,14+/m1/s1. The fourth-order valence-electron chi connectivity index (χ4n) is 2.03. The van der Waals surface area contributed by atoms with E-state index in [1.165, 1.54) is 6.08 Å². The fraction of sp³-hybridized carbons (Fsp3) is 0.824. The van der Waals surface area contributed by atoms with Crippen molar-refractivity contribution < 1.29 is 23.4 Å². The molecule has 0 amide bonds. The van der Waals surface area contributed by atoms with Crippen LogP contribution >= 0.6 is 0 Å². The Labute approximate surface area is 141 Å². The minimum absolute atomic E-state index is 0.137. The van der Waals surface area contributed by atoms with E-state index in [1.807, 2.05) is 13.8 Å². The van der Waals surface area contributed by atoms with Crippen molar-refractivity contribution in [1.82, 2.24) is 0 Å². The smallest absolute Gasteiger partial charge is 0.330 e. The second kappa shape index (κ2) is 7.47. The van der Waals surface area contributed by atoms with Gasteiger partial charge in [0.2, 0.25) is 0 Å². The van der Waals surface area contributed by atoms with Gasteiger partial charge in [0.15, 0.2) is 14.1 Å². The van der Waals surface area contributed by atoms with Crippen LogP contribution in [0.1, 0.15) is 41.5 Å². The summed E-state index contributed by atoms with van der Waals surface area (Å²) in [5.74, 6) is -1.06. The lowest BCUT2D eigenvalue weighted by Crippen LogP contribution is -2.43. The van der Waals surface area contributed by atoms with Crippen molar-refractivity contribution in [3.8, 4) is 0 Å². The Bertz CT molecular complexity index is 437. The van der Waals surface area contributed by atoms with Gasteiger partial charge in [0.05, 0.1) is 13.2 Å². The Hall–Kier alpha value is -0.693. The molecule has 0 spiro atoms. The topological polar surface area (TPSA) is 54.0 Å². The molecular formula is C17H32O5Si. The van der Waals surface area contributed by atoms with Gasteiger partial charge < -0.3 is 18.6 Å². The van der Waals surface area contributed by atoms with E-state index >= 15 is 0 Å². The zero-order chi connectivity index (χ0) is 17.9. The van der Waals surface area contributed by atoms with Gasteiger partial charge in [0, 0.05) is 6.08 Å². The second-order valence-electron chi connectivity index (χ2n) is 7.82. The van der Waals surface area contributed by atoms with Crippen molar-refractivity contribution in [2.45, 2.75) is 77.7 Å². The molecule has 0 aromatic rings. The molecule has 0 aliphatic carbocycles. The van der Waals surface area contributed by atoms with Crippen molar-refractivity contribution in [1.29, 1.82) is 0 Å². The Morgan fingerprint density at radius 1 is 1.26 bits per heavy atom. The highest BCUT2D eigenvalue weighted by atomic mass is 28.4. The van der Waals surface area contributed by atoms with Crippen LogP contribution in [0.25, 0.3) is 0 Å². The van der Waals surface area contributed by atoms with E-state index < -0.39 is 14.1 Å². The Morgan fingerprint density at radius 3 is 2.39 bits per heavy atom. The molecule has 1 fully saturated rings. The third-order valence-corrected chi connectivity index (χ3v) is 8.85. The van der Waals surface area contributed by atoms with Crippen molar-refractivity contribution in [3.05, 3.63) is 12.2 Å². The quantitative estimate of drug-likeness (QED) is 0.418. The van der Waals surface area contributed by atoms with Gasteiger partial charge in [0.1, 0.15) is 12.2 Å². The lowest BCUT2D eigenvalue weighted by atomic mass is 10.2. The van der Waals surface area contributed by atoms with Crippen LogP contribution in [-0.2, 0) is 23.4 Å². The minimum atomic E-state index is -1.86. The third-order valence-electron chi connectivity index (χ3n) is 4.34. The number of hydrogen-bond donors (Lipinski definition) is 0. The van der Waals surface area contributed by atoms with Gasteiger partial charge >= 0.3 is 5.97 Å². The van der Waals surface area contributed by atoms with Gasteiger partial charge in [-0.15, -0.1) is 0 Å². The van der Waals surface area contributed by atoms with Gasteiger partial charge in [-0.05, 0) is 45.0 Å². The molecule has 1 aliphatic heterocycles. The summed E-state index contributed by atoms with van der Waals surface area (Å²) in [6.07, 6.45) is 2.55. The van der Waals surface area contributed by atoms with E-state index in [9.17, 15) is 4.79 Å². The molecule has 0 bridgehead atoms. The first kappa shape index (κ1) is 20.4. The summed E-state index contributed by atoms with van der Waals surface area (Å²) in [6.45, 7) is 17.3. The predicted molar refractivity (Wildman–Crippen MR) is 92.7 cm³/mol. The Balaban J connectivity index is 2.72. The van der Waals surface area contributed by atoms with Crippen LogP contribution in [0.2, 0.25) is 18.1 Å². The summed E-state index contributed by atoms with van der Waals surface area (Å²) >= 11 is 0. The van der Waals surface area contributed by atoms with Gasteiger partial charge in [-0.1, -0.05) is 20.8 Å². The van der Waals surface area contributed by atoms with Crippen LogP contribution in [0, 0.1) is 0 Å². The molecule has 5 nitrogen and oxygen atoms in total. The van der Waals surface area contributed by atoms with Crippen molar-refractivity contribution in [2.75, 3.05) is 13.2 Å². The molecule has 2 atom stereocenters. The molecular weight excluding hydrogens is 312 g/mol. The minimum Gasteiger partial charge on any atom is -0.463 e. The molecule has 0 saturated carbocycles. The maximum atomic E-state index is 11.5. The molecule has 6 heteroatoms. The summed E-state index contributed by atoms with van der Waals surface area (Å²) in [4.78, 5) is 11.5. The molecule has 1 saturated heterocycles. The zero-order valence-electron chi connectivity index (χ0n) is 15.8. The molecule has 0 N–H and O–H groups in total. The molecule has 0 aromatic heterocycles. The van der Waals surface area contributed by atoms with Gasteiger partial charge in [0.25, 0.3) is 0 Å². The maximum Gasteiger partial charge on any atom is 0.330 e. The van der Waals surface area contributed by atoms with Crippen molar-refractivity contribution >= 4 is 14.3 Å². The fourth-order valence-corrected chi connectivity index (χ4v) is 3.04. The monoisotopic (exact) mass is 344 g/mol. The number of carbonyl (C=O) groups is 1. The van der Waals surface area contributed by atoms with Gasteiger partial charge in [-0.3, -0.25) is 0 Å². The average molecular weight is 345 g/mol. The van der Waals surface area contributed by atoms with Crippen molar-refractivity contribution in [3.63, 3.8) is 0 Å². The Morgan fingerprint density at radius 2 is 1.87 bits per heavy atom. The summed E-state index contributed by atoms with van der Waals surface area (Å²) in [5.41, 5.74) is 0. The van der Waals surface area contributed by atoms with E-state index in [1.54, 1.807) is 13.0 Å². The number of hydrogen-bond acceptors (Lipinski definition) is 5. The maximum absolute atomic E-state index is 11.5. The zero-order valence-corrected chi connectivity index (χ0v) is 16.8. The average Bonchev–Trinajstić information content (AvgIpc) is 2.68. The van der Waals surface area contributed by atoms with Crippen LogP contribution < -0.4 is 0 Å². The van der Waals surface area contributed by atoms with Gasteiger partial charge in [-0.2, -0.15) is 0 Å². The first-order valence-corrected chi connectivity index (χ1v) is 11.1. The first-order valence-electron chi connectivity index (χ1n) is 8.22. The van der Waals surface area contributed by atoms with Crippen LogP contribution in [0.15, 0.2) is 12.2 Å². The molecule has 23 heavy (non-hydrogen) atoms. The van der Waals surface area contributed by atoms with E-state index in [4.69, 9.17) is 18.6 Å². The molecule has 1 rings (SSSR count). The van der Waals surface area contributed by atoms with Crippen LogP contribution in [0.5, 0.6) is 0 Å². The molecule has 1 heterocycles. The summed E-state index contributed by atoms with van der Waals surface area (Å²) < 4.78 is 22.9. The number of rotatable bonds is 6. The predicted octanol–water partition coefficient (Wildman–Crippen LogP) is 3.65. The second-order valence-corrected chi connectivity index (χ2v) is 12.6. The van der Waals surface area contributed by atoms with Crippen molar-refractivity contribution in [2.24, 2.45) is 0 Å². The molecule has 0 radical (unpaired) electrons. The number of ether oxygens (including phenoxy) is 3. The van der Waals surface area contributed by atoms with E-state index in [0.29, 0.717) is 13.2 Å². The number of esters is 1. The van der Waals surface area contributed by atoms with E-state index in [0.717, 1.165) is 0 Å². The van der Waals surface area contributed by atoms with Crippen LogP contribution in [0.3, 0.4) is 0 Å². The Kier molecular flexibility index (Phi) is 6.61. The SMILES string of the molecule is CCOC(=O)/C=C\[C@H]1OC(C)(C)O[C@H]1CO[Si](C)(C)C(C)(C)C. The highest BCUT2D eigenvalue weighted by Gasteiger charge is 2.43.